The Morgan fingerprint density at radius 2 is 2.10 bits per heavy atom. The molecule has 0 atom stereocenters. The molecule has 0 unspecified atom stereocenters. The van der Waals surface area contributed by atoms with Crippen LogP contribution in [0.15, 0.2) is 30.7 Å². The normalized spacial score (nSPS) is 11.9. The van der Waals surface area contributed by atoms with Crippen molar-refractivity contribution in [3.63, 3.8) is 0 Å². The summed E-state index contributed by atoms with van der Waals surface area (Å²) in [4.78, 5) is 4.08. The van der Waals surface area contributed by atoms with Gasteiger partial charge in [0.1, 0.15) is 12.5 Å². The lowest BCUT2D eigenvalue weighted by molar-refractivity contribution is 0.0881. The number of hydrogen-bond donors (Lipinski definition) is 0. The molecule has 1 aromatic carbocycles. The topological polar surface area (TPSA) is 27.1 Å². The number of nitrogens with zero attached hydrogens (tertiary/aromatic N) is 2. The Bertz CT molecular complexity index is 610. The van der Waals surface area contributed by atoms with Gasteiger partial charge >= 0.3 is 0 Å². The van der Waals surface area contributed by atoms with Crippen LogP contribution in [-0.2, 0) is 11.5 Å². The molecule has 0 fully saturated rings. The van der Waals surface area contributed by atoms with Gasteiger partial charge in [-0.2, -0.15) is 0 Å². The number of halogens is 2. The predicted molar refractivity (Wildman–Crippen MR) is 86.7 cm³/mol. The van der Waals surface area contributed by atoms with Crippen LogP contribution >= 0.6 is 11.6 Å². The Hall–Kier alpha value is -1.17. The second-order valence-corrected chi connectivity index (χ2v) is 12.3. The summed E-state index contributed by atoms with van der Waals surface area (Å²) < 4.78 is 21.4. The van der Waals surface area contributed by atoms with Crippen LogP contribution < -0.4 is 0 Å². The largest absolute Gasteiger partial charge is 0.361 e. The van der Waals surface area contributed by atoms with Crippen LogP contribution in [-0.4, -0.2) is 24.2 Å². The Kier molecular flexibility index (Phi) is 5.19. The molecule has 6 heteroatoms. The molecule has 0 aliphatic heterocycles. The molecule has 2 aromatic rings. The van der Waals surface area contributed by atoms with Gasteiger partial charge in [-0.3, -0.25) is 0 Å². The number of benzene rings is 1. The fourth-order valence-corrected chi connectivity index (χ4v) is 2.81. The van der Waals surface area contributed by atoms with Crippen LogP contribution in [0.2, 0.25) is 30.7 Å². The summed E-state index contributed by atoms with van der Waals surface area (Å²) >= 11 is 5.94. The zero-order valence-electron chi connectivity index (χ0n) is 12.6. The van der Waals surface area contributed by atoms with Crippen molar-refractivity contribution in [3.05, 3.63) is 41.6 Å². The Morgan fingerprint density at radius 1 is 1.33 bits per heavy atom. The third-order valence-corrected chi connectivity index (χ3v) is 5.08. The van der Waals surface area contributed by atoms with E-state index in [-0.39, 0.29) is 5.82 Å². The van der Waals surface area contributed by atoms with Crippen molar-refractivity contribution >= 4 is 19.7 Å². The average molecular weight is 327 g/mol. The number of rotatable bonds is 6. The molecule has 0 bridgehead atoms. The number of ether oxygens (including phenoxy) is 1. The van der Waals surface area contributed by atoms with Crippen LogP contribution in [0.3, 0.4) is 0 Å². The highest BCUT2D eigenvalue weighted by Gasteiger charge is 2.13. The molecule has 0 N–H and O–H groups in total. The summed E-state index contributed by atoms with van der Waals surface area (Å²) in [5, 5.41) is 0.499. The maximum Gasteiger partial charge on any atom is 0.132 e. The van der Waals surface area contributed by atoms with Crippen molar-refractivity contribution < 1.29 is 9.13 Å². The van der Waals surface area contributed by atoms with Crippen LogP contribution in [0, 0.1) is 5.82 Å². The minimum absolute atomic E-state index is 0.316. The van der Waals surface area contributed by atoms with Crippen LogP contribution in [0.4, 0.5) is 4.39 Å². The van der Waals surface area contributed by atoms with Gasteiger partial charge in [-0.25, -0.2) is 9.37 Å². The Labute approximate surface area is 130 Å². The number of hydrogen-bond acceptors (Lipinski definition) is 2. The van der Waals surface area contributed by atoms with Crippen molar-refractivity contribution in [1.82, 2.24) is 9.55 Å². The molecule has 21 heavy (non-hydrogen) atoms. The second kappa shape index (κ2) is 6.73. The average Bonchev–Trinajstić information content (AvgIpc) is 2.85. The molecule has 0 amide bonds. The molecule has 0 spiro atoms. The van der Waals surface area contributed by atoms with E-state index in [0.717, 1.165) is 6.04 Å². The molecule has 0 saturated carbocycles. The molecular formula is C15H20ClFN2OSi. The van der Waals surface area contributed by atoms with Crippen molar-refractivity contribution in [3.8, 4) is 11.3 Å². The lowest BCUT2D eigenvalue weighted by Gasteiger charge is -2.16. The zero-order chi connectivity index (χ0) is 15.5. The number of aromatic nitrogens is 2. The van der Waals surface area contributed by atoms with Crippen LogP contribution in [0.25, 0.3) is 11.3 Å². The van der Waals surface area contributed by atoms with Gasteiger partial charge in [-0.1, -0.05) is 31.2 Å². The van der Waals surface area contributed by atoms with Gasteiger partial charge in [0.05, 0.1) is 18.2 Å². The lowest BCUT2D eigenvalue weighted by Crippen LogP contribution is -2.22. The van der Waals surface area contributed by atoms with Crippen molar-refractivity contribution in [1.29, 1.82) is 0 Å². The highest BCUT2D eigenvalue weighted by Crippen LogP contribution is 2.25. The molecule has 1 heterocycles. The first-order valence-corrected chi connectivity index (χ1v) is 11.0. The van der Waals surface area contributed by atoms with E-state index in [1.54, 1.807) is 23.2 Å². The third-order valence-electron chi connectivity index (χ3n) is 3.14. The Morgan fingerprint density at radius 3 is 2.81 bits per heavy atom. The maximum atomic E-state index is 13.9. The molecule has 0 saturated heterocycles. The maximum absolute atomic E-state index is 13.9. The van der Waals surface area contributed by atoms with Gasteiger partial charge < -0.3 is 9.30 Å². The quantitative estimate of drug-likeness (QED) is 0.570. The fraction of sp³-hybridized carbons (Fsp3) is 0.400. The first-order valence-electron chi connectivity index (χ1n) is 6.90. The van der Waals surface area contributed by atoms with Gasteiger partial charge in [-0.05, 0) is 24.2 Å². The molecule has 0 aliphatic rings. The summed E-state index contributed by atoms with van der Waals surface area (Å²) in [5.74, 6) is -0.316. The smallest absolute Gasteiger partial charge is 0.132 e. The number of imidazole rings is 1. The molecule has 0 aliphatic carbocycles. The van der Waals surface area contributed by atoms with Gasteiger partial charge in [0.15, 0.2) is 0 Å². The predicted octanol–water partition coefficient (Wildman–Crippen LogP) is 4.65. The lowest BCUT2D eigenvalue weighted by atomic mass is 10.1. The molecule has 114 valence electrons. The third kappa shape index (κ3) is 4.66. The van der Waals surface area contributed by atoms with Crippen LogP contribution in [0.1, 0.15) is 0 Å². The first kappa shape index (κ1) is 16.2. The van der Waals surface area contributed by atoms with Gasteiger partial charge in [0.25, 0.3) is 0 Å². The summed E-state index contributed by atoms with van der Waals surface area (Å²) in [6.45, 7) is 8.00. The summed E-state index contributed by atoms with van der Waals surface area (Å²) in [6, 6.07) is 5.60. The second-order valence-electron chi connectivity index (χ2n) is 6.22. The standard InChI is InChI=1S/C15H20ClFN2OSi/c1-21(2,3)7-6-20-11-19-10-18-9-15(19)13-8-12(16)4-5-14(13)17/h4-5,8-10H,6-7,11H2,1-3H3. The van der Waals surface area contributed by atoms with E-state index in [1.165, 1.54) is 12.1 Å². The SMILES string of the molecule is C[Si](C)(C)CCOCn1cncc1-c1cc(Cl)ccc1F. The van der Waals surface area contributed by atoms with E-state index >= 15 is 0 Å². The summed E-state index contributed by atoms with van der Waals surface area (Å²) in [5.41, 5.74) is 1.11. The van der Waals surface area contributed by atoms with E-state index in [9.17, 15) is 4.39 Å². The molecule has 0 radical (unpaired) electrons. The fourth-order valence-electron chi connectivity index (χ4n) is 1.88. The monoisotopic (exact) mass is 326 g/mol. The highest BCUT2D eigenvalue weighted by atomic mass is 35.5. The minimum Gasteiger partial charge on any atom is -0.361 e. The van der Waals surface area contributed by atoms with Crippen molar-refractivity contribution in [2.75, 3.05) is 6.61 Å². The minimum atomic E-state index is -1.10. The highest BCUT2D eigenvalue weighted by molar-refractivity contribution is 6.76. The molecule has 3 nitrogen and oxygen atoms in total. The van der Waals surface area contributed by atoms with E-state index in [1.807, 2.05) is 0 Å². The molecule has 2 rings (SSSR count). The first-order chi connectivity index (χ1) is 9.87. The van der Waals surface area contributed by atoms with Crippen molar-refractivity contribution in [2.24, 2.45) is 0 Å². The van der Waals surface area contributed by atoms with E-state index in [2.05, 4.69) is 24.6 Å². The van der Waals surface area contributed by atoms with E-state index < -0.39 is 8.07 Å². The van der Waals surface area contributed by atoms with Gasteiger partial charge in [0.2, 0.25) is 0 Å². The van der Waals surface area contributed by atoms with Crippen LogP contribution in [0.5, 0.6) is 0 Å². The van der Waals surface area contributed by atoms with Crippen molar-refractivity contribution in [2.45, 2.75) is 32.4 Å². The van der Waals surface area contributed by atoms with E-state index in [0.29, 0.717) is 29.6 Å². The zero-order valence-corrected chi connectivity index (χ0v) is 14.3. The molecular weight excluding hydrogens is 307 g/mol. The summed E-state index contributed by atoms with van der Waals surface area (Å²) in [7, 11) is -1.10. The molecule has 1 aromatic heterocycles. The Balaban J connectivity index is 2.07. The van der Waals surface area contributed by atoms with E-state index in [4.69, 9.17) is 16.3 Å². The van der Waals surface area contributed by atoms with Gasteiger partial charge in [0, 0.05) is 25.3 Å². The summed E-state index contributed by atoms with van der Waals surface area (Å²) in [6.07, 6.45) is 3.26. The van der Waals surface area contributed by atoms with Gasteiger partial charge in [-0.15, -0.1) is 0 Å².